The highest BCUT2D eigenvalue weighted by atomic mass is 16.6. The zero-order valence-corrected chi connectivity index (χ0v) is 17.4. The Labute approximate surface area is 170 Å². The van der Waals surface area contributed by atoms with Crippen molar-refractivity contribution < 1.29 is 14.3 Å². The van der Waals surface area contributed by atoms with Gasteiger partial charge in [0.25, 0.3) is 0 Å². The second kappa shape index (κ2) is 7.20. The third-order valence-electron chi connectivity index (χ3n) is 5.34. The van der Waals surface area contributed by atoms with E-state index >= 15 is 0 Å². The third-order valence-corrected chi connectivity index (χ3v) is 5.34. The molecule has 29 heavy (non-hydrogen) atoms. The van der Waals surface area contributed by atoms with Gasteiger partial charge in [-0.2, -0.15) is 10.2 Å². The molecule has 2 aliphatic rings. The Hall–Kier alpha value is -2.84. The van der Waals surface area contributed by atoms with E-state index in [1.165, 1.54) is 0 Å². The molecule has 2 unspecified atom stereocenters. The van der Waals surface area contributed by atoms with Crippen molar-refractivity contribution in [2.24, 2.45) is 5.92 Å². The van der Waals surface area contributed by atoms with E-state index in [2.05, 4.69) is 10.2 Å². The summed E-state index contributed by atoms with van der Waals surface area (Å²) in [5, 5.41) is 8.72. The molecule has 0 aliphatic carbocycles. The molecular formula is C20H28N6O3. The van der Waals surface area contributed by atoms with Gasteiger partial charge in [0.15, 0.2) is 0 Å². The summed E-state index contributed by atoms with van der Waals surface area (Å²) < 4.78 is 9.33. The summed E-state index contributed by atoms with van der Waals surface area (Å²) in [5.41, 5.74) is 1.11. The van der Waals surface area contributed by atoms with E-state index in [1.54, 1.807) is 22.2 Å². The number of aromatic nitrogens is 4. The first-order valence-electron chi connectivity index (χ1n) is 10.0. The first-order chi connectivity index (χ1) is 13.7. The number of rotatable bonds is 3. The van der Waals surface area contributed by atoms with Gasteiger partial charge >= 0.3 is 6.09 Å². The number of hydrogen-bond acceptors (Lipinski definition) is 5. The van der Waals surface area contributed by atoms with Crippen LogP contribution in [0.3, 0.4) is 0 Å². The minimum Gasteiger partial charge on any atom is -0.444 e. The Balaban J connectivity index is 1.51. The summed E-state index contributed by atoms with van der Waals surface area (Å²) in [6.45, 7) is 9.84. The molecule has 2 amide bonds. The van der Waals surface area contributed by atoms with Crippen LogP contribution in [-0.4, -0.2) is 54.6 Å². The second-order valence-corrected chi connectivity index (χ2v) is 8.92. The zero-order chi connectivity index (χ0) is 20.8. The van der Waals surface area contributed by atoms with Crippen molar-refractivity contribution >= 4 is 17.7 Å². The maximum absolute atomic E-state index is 12.7. The summed E-state index contributed by atoms with van der Waals surface area (Å²) in [5.74, 6) is 0.280. The summed E-state index contributed by atoms with van der Waals surface area (Å²) in [4.78, 5) is 28.9. The molecule has 0 spiro atoms. The molecule has 0 saturated carbocycles. The number of carbonyl (C=O) groups excluding carboxylic acids is 2. The van der Waals surface area contributed by atoms with Crippen molar-refractivity contribution in [3.63, 3.8) is 0 Å². The average Bonchev–Trinajstić information content (AvgIpc) is 3.33. The molecule has 2 aromatic rings. The Kier molecular flexibility index (Phi) is 4.84. The largest absolute Gasteiger partial charge is 0.444 e. The second-order valence-electron chi connectivity index (χ2n) is 8.92. The molecule has 0 N–H and O–H groups in total. The minimum atomic E-state index is -0.554. The van der Waals surface area contributed by atoms with E-state index in [4.69, 9.17) is 4.74 Å². The smallest absolute Gasteiger partial charge is 0.410 e. The predicted octanol–water partition coefficient (Wildman–Crippen LogP) is 2.27. The molecule has 156 valence electrons. The number of ether oxygens (including phenoxy) is 1. The van der Waals surface area contributed by atoms with Gasteiger partial charge in [-0.05, 0) is 33.8 Å². The Morgan fingerprint density at radius 3 is 2.76 bits per heavy atom. The van der Waals surface area contributed by atoms with Gasteiger partial charge in [-0.1, -0.05) is 0 Å². The fraction of sp³-hybridized carbons (Fsp3) is 0.600. The highest BCUT2D eigenvalue weighted by Crippen LogP contribution is 2.32. The van der Waals surface area contributed by atoms with Crippen LogP contribution in [0.25, 0.3) is 0 Å². The zero-order valence-electron chi connectivity index (χ0n) is 17.4. The van der Waals surface area contributed by atoms with Crippen molar-refractivity contribution in [3.05, 3.63) is 30.4 Å². The number of hydrogen-bond donors (Lipinski definition) is 0. The van der Waals surface area contributed by atoms with E-state index < -0.39 is 5.60 Å². The number of amides is 2. The van der Waals surface area contributed by atoms with E-state index in [-0.39, 0.29) is 24.0 Å². The monoisotopic (exact) mass is 400 g/mol. The van der Waals surface area contributed by atoms with Crippen LogP contribution in [-0.2, 0) is 29.2 Å². The standard InChI is InChI=1S/C20H28N6O3/c1-14-10-26-17(13-24(14)19(28)29-20(2,3)4)16(9-22-26)25-12-15(8-18(25)27)11-23-7-5-6-21-23/h5-7,9,14-15H,8,10-13H2,1-4H3. The molecular weight excluding hydrogens is 372 g/mol. The van der Waals surface area contributed by atoms with Crippen LogP contribution in [0.5, 0.6) is 0 Å². The van der Waals surface area contributed by atoms with Gasteiger partial charge in [-0.15, -0.1) is 0 Å². The van der Waals surface area contributed by atoms with E-state index in [0.29, 0.717) is 32.6 Å². The van der Waals surface area contributed by atoms with Gasteiger partial charge in [0.2, 0.25) is 5.91 Å². The lowest BCUT2D eigenvalue weighted by Crippen LogP contribution is -2.47. The lowest BCUT2D eigenvalue weighted by Gasteiger charge is -2.36. The summed E-state index contributed by atoms with van der Waals surface area (Å²) in [6.07, 6.45) is 5.54. The Bertz CT molecular complexity index is 898. The van der Waals surface area contributed by atoms with E-state index in [0.717, 1.165) is 11.4 Å². The lowest BCUT2D eigenvalue weighted by molar-refractivity contribution is -0.117. The molecule has 0 radical (unpaired) electrons. The molecule has 4 rings (SSSR count). The van der Waals surface area contributed by atoms with Crippen molar-refractivity contribution in [2.45, 2.75) is 65.4 Å². The fourth-order valence-corrected chi connectivity index (χ4v) is 3.99. The summed E-state index contributed by atoms with van der Waals surface area (Å²) in [6, 6.07) is 1.85. The molecule has 0 aromatic carbocycles. The maximum atomic E-state index is 12.7. The van der Waals surface area contributed by atoms with Crippen LogP contribution in [0, 0.1) is 5.92 Å². The first kappa shape index (κ1) is 19.5. The summed E-state index contributed by atoms with van der Waals surface area (Å²) >= 11 is 0. The van der Waals surface area contributed by atoms with Crippen molar-refractivity contribution in [1.29, 1.82) is 0 Å². The molecule has 2 atom stereocenters. The van der Waals surface area contributed by atoms with Gasteiger partial charge in [-0.3, -0.25) is 19.1 Å². The van der Waals surface area contributed by atoms with Gasteiger partial charge in [0, 0.05) is 37.8 Å². The number of anilines is 1. The van der Waals surface area contributed by atoms with Crippen LogP contribution in [0.15, 0.2) is 24.7 Å². The SMILES string of the molecule is CC1Cn2ncc(N3CC(Cn4cccn4)CC3=O)c2CN1C(=O)OC(C)(C)C. The molecule has 1 saturated heterocycles. The van der Waals surface area contributed by atoms with Crippen LogP contribution in [0.1, 0.15) is 39.8 Å². The maximum Gasteiger partial charge on any atom is 0.410 e. The van der Waals surface area contributed by atoms with Gasteiger partial charge < -0.3 is 9.64 Å². The van der Waals surface area contributed by atoms with Crippen LogP contribution >= 0.6 is 0 Å². The normalized spacial score (nSPS) is 22.1. The molecule has 2 aliphatic heterocycles. The minimum absolute atomic E-state index is 0.0352. The predicted molar refractivity (Wildman–Crippen MR) is 106 cm³/mol. The molecule has 0 bridgehead atoms. The highest BCUT2D eigenvalue weighted by Gasteiger charge is 2.37. The molecule has 1 fully saturated rings. The highest BCUT2D eigenvalue weighted by molar-refractivity contribution is 5.96. The van der Waals surface area contributed by atoms with Crippen LogP contribution in [0.2, 0.25) is 0 Å². The van der Waals surface area contributed by atoms with Gasteiger partial charge in [0.05, 0.1) is 36.7 Å². The van der Waals surface area contributed by atoms with Gasteiger partial charge in [-0.25, -0.2) is 4.79 Å². The quantitative estimate of drug-likeness (QED) is 0.789. The van der Waals surface area contributed by atoms with Crippen molar-refractivity contribution in [3.8, 4) is 0 Å². The van der Waals surface area contributed by atoms with Crippen LogP contribution < -0.4 is 4.90 Å². The Morgan fingerprint density at radius 2 is 2.07 bits per heavy atom. The van der Waals surface area contributed by atoms with Crippen molar-refractivity contribution in [1.82, 2.24) is 24.5 Å². The first-order valence-corrected chi connectivity index (χ1v) is 10.0. The van der Waals surface area contributed by atoms with E-state index in [1.807, 2.05) is 49.3 Å². The Morgan fingerprint density at radius 1 is 1.28 bits per heavy atom. The third kappa shape index (κ3) is 3.99. The molecule has 9 heteroatoms. The number of fused-ring (bicyclic) bond motifs is 1. The molecule has 2 aromatic heterocycles. The molecule has 4 heterocycles. The number of carbonyl (C=O) groups is 2. The van der Waals surface area contributed by atoms with Gasteiger partial charge in [0.1, 0.15) is 5.60 Å². The average molecular weight is 400 g/mol. The summed E-state index contributed by atoms with van der Waals surface area (Å²) in [7, 11) is 0. The lowest BCUT2D eigenvalue weighted by atomic mass is 10.1. The topological polar surface area (TPSA) is 85.5 Å². The number of nitrogens with zero attached hydrogens (tertiary/aromatic N) is 6. The molecule has 9 nitrogen and oxygen atoms in total. The van der Waals surface area contributed by atoms with Crippen molar-refractivity contribution in [2.75, 3.05) is 11.4 Å². The fourth-order valence-electron chi connectivity index (χ4n) is 3.99. The van der Waals surface area contributed by atoms with E-state index in [9.17, 15) is 9.59 Å². The van der Waals surface area contributed by atoms with Crippen LogP contribution in [0.4, 0.5) is 10.5 Å².